The van der Waals surface area contributed by atoms with E-state index in [4.69, 9.17) is 4.98 Å². The lowest BCUT2D eigenvalue weighted by molar-refractivity contribution is 0.148. The third-order valence-corrected chi connectivity index (χ3v) is 6.22. The van der Waals surface area contributed by atoms with Gasteiger partial charge in [-0.3, -0.25) is 10.00 Å². The maximum absolute atomic E-state index is 4.71. The number of hydrogen-bond acceptors (Lipinski definition) is 7. The van der Waals surface area contributed by atoms with Gasteiger partial charge in [0.2, 0.25) is 0 Å². The van der Waals surface area contributed by atoms with Gasteiger partial charge in [-0.25, -0.2) is 9.97 Å². The van der Waals surface area contributed by atoms with Gasteiger partial charge in [0.15, 0.2) is 5.13 Å². The van der Waals surface area contributed by atoms with E-state index in [1.54, 1.807) is 11.3 Å². The van der Waals surface area contributed by atoms with E-state index in [1.807, 2.05) is 18.6 Å². The Morgan fingerprint density at radius 3 is 2.83 bits per heavy atom. The summed E-state index contributed by atoms with van der Waals surface area (Å²) < 4.78 is 1.14. The van der Waals surface area contributed by atoms with Crippen molar-refractivity contribution in [2.24, 2.45) is 0 Å². The minimum Gasteiger partial charge on any atom is -0.316 e. The van der Waals surface area contributed by atoms with Crippen molar-refractivity contribution in [2.45, 2.75) is 6.54 Å². The minimum absolute atomic E-state index is 0.839. The van der Waals surface area contributed by atoms with E-state index in [0.717, 1.165) is 65.0 Å². The Morgan fingerprint density at radius 2 is 2.00 bits per heavy atom. The molecule has 0 aliphatic carbocycles. The second-order valence-electron chi connectivity index (χ2n) is 7.44. The number of thiazole rings is 1. The van der Waals surface area contributed by atoms with Crippen molar-refractivity contribution in [1.29, 1.82) is 0 Å². The number of pyridine rings is 1. The fraction of sp³-hybridized carbons (Fsp3) is 0.286. The maximum Gasteiger partial charge on any atom is 0.189 e. The van der Waals surface area contributed by atoms with Gasteiger partial charge in [0.25, 0.3) is 0 Å². The van der Waals surface area contributed by atoms with E-state index in [1.165, 1.54) is 5.56 Å². The molecule has 1 aliphatic heterocycles. The first-order chi connectivity index (χ1) is 14.2. The van der Waals surface area contributed by atoms with Crippen molar-refractivity contribution in [3.05, 3.63) is 54.5 Å². The molecule has 4 aromatic rings. The van der Waals surface area contributed by atoms with Gasteiger partial charge in [0.05, 0.1) is 16.4 Å². The van der Waals surface area contributed by atoms with Crippen molar-refractivity contribution in [2.75, 3.05) is 38.5 Å². The van der Waals surface area contributed by atoms with Crippen molar-refractivity contribution in [3.63, 3.8) is 0 Å². The molecular weight excluding hydrogens is 382 g/mol. The molecule has 0 radical (unpaired) electrons. The molecule has 8 heteroatoms. The average molecular weight is 406 g/mol. The Labute approximate surface area is 173 Å². The van der Waals surface area contributed by atoms with Crippen LogP contribution in [-0.4, -0.2) is 63.2 Å². The summed E-state index contributed by atoms with van der Waals surface area (Å²) in [7, 11) is 2.18. The molecule has 0 bridgehead atoms. The number of aromatic nitrogens is 4. The van der Waals surface area contributed by atoms with E-state index in [0.29, 0.717) is 0 Å². The number of aromatic amines is 1. The minimum atomic E-state index is 0.839. The maximum atomic E-state index is 4.71. The number of anilines is 2. The molecule has 3 aromatic heterocycles. The summed E-state index contributed by atoms with van der Waals surface area (Å²) in [6.45, 7) is 5.43. The molecule has 1 aromatic carbocycles. The summed E-state index contributed by atoms with van der Waals surface area (Å²) in [4.78, 5) is 14.1. The monoisotopic (exact) mass is 405 g/mol. The summed E-state index contributed by atoms with van der Waals surface area (Å²) in [5.41, 5.74) is 4.47. The third kappa shape index (κ3) is 4.14. The van der Waals surface area contributed by atoms with E-state index in [-0.39, 0.29) is 0 Å². The smallest absolute Gasteiger partial charge is 0.189 e. The fourth-order valence-corrected chi connectivity index (χ4v) is 4.49. The summed E-state index contributed by atoms with van der Waals surface area (Å²) in [6, 6.07) is 10.5. The number of rotatable bonds is 5. The van der Waals surface area contributed by atoms with Gasteiger partial charge in [-0.05, 0) is 42.4 Å². The van der Waals surface area contributed by atoms with Crippen molar-refractivity contribution < 1.29 is 0 Å². The third-order valence-electron chi connectivity index (χ3n) is 5.28. The first kappa shape index (κ1) is 18.2. The molecule has 2 N–H and O–H groups in total. The molecule has 0 unspecified atom stereocenters. The van der Waals surface area contributed by atoms with Crippen LogP contribution in [0.1, 0.15) is 5.56 Å². The molecule has 29 heavy (non-hydrogen) atoms. The van der Waals surface area contributed by atoms with E-state index < -0.39 is 0 Å². The molecule has 1 fully saturated rings. The van der Waals surface area contributed by atoms with Gasteiger partial charge in [-0.2, -0.15) is 5.10 Å². The number of H-pyrrole nitrogens is 1. The molecule has 0 spiro atoms. The Balaban J connectivity index is 1.31. The predicted molar refractivity (Wildman–Crippen MR) is 117 cm³/mol. The second kappa shape index (κ2) is 7.90. The second-order valence-corrected chi connectivity index (χ2v) is 8.47. The van der Waals surface area contributed by atoms with Crippen LogP contribution in [0.15, 0.2) is 48.9 Å². The highest BCUT2D eigenvalue weighted by Gasteiger charge is 2.14. The topological polar surface area (TPSA) is 73.0 Å². The molecule has 7 nitrogen and oxygen atoms in total. The first-order valence-corrected chi connectivity index (χ1v) is 10.6. The lowest BCUT2D eigenvalue weighted by atomic mass is 10.1. The number of likely N-dealkylation sites (N-methyl/N-ethyl adjacent to an activating group) is 1. The average Bonchev–Trinajstić information content (AvgIpc) is 3.39. The Morgan fingerprint density at radius 1 is 1.10 bits per heavy atom. The van der Waals surface area contributed by atoms with Crippen molar-refractivity contribution in [1.82, 2.24) is 30.0 Å². The van der Waals surface area contributed by atoms with Crippen LogP contribution < -0.4 is 5.32 Å². The van der Waals surface area contributed by atoms with Crippen LogP contribution in [-0.2, 0) is 6.54 Å². The Hall–Kier alpha value is -2.81. The zero-order valence-electron chi connectivity index (χ0n) is 16.3. The Kier molecular flexibility index (Phi) is 4.97. The lowest BCUT2D eigenvalue weighted by Crippen LogP contribution is -2.43. The standard InChI is InChI=1S/C21H23N7S/c1-27-6-8-28(9-7-27)14-15-4-5-22-20(10-15)26-21-25-18-3-2-16(11-19(18)29-21)17-12-23-24-13-17/h2-5,10-13H,6-9,14H2,1H3,(H,23,24)(H,22,25,26). The number of nitrogens with zero attached hydrogens (tertiary/aromatic N) is 5. The number of nitrogens with one attached hydrogen (secondary N) is 2. The normalized spacial score (nSPS) is 15.8. The number of hydrogen-bond donors (Lipinski definition) is 2. The molecule has 0 atom stereocenters. The fourth-order valence-electron chi connectivity index (χ4n) is 3.58. The van der Waals surface area contributed by atoms with Crippen LogP contribution >= 0.6 is 11.3 Å². The summed E-state index contributed by atoms with van der Waals surface area (Å²) >= 11 is 1.64. The molecule has 5 rings (SSSR count). The van der Waals surface area contributed by atoms with Crippen molar-refractivity contribution >= 4 is 32.5 Å². The summed E-state index contributed by atoms with van der Waals surface area (Å²) in [6.07, 6.45) is 5.60. The van der Waals surface area contributed by atoms with Crippen LogP contribution in [0.4, 0.5) is 10.9 Å². The molecule has 1 saturated heterocycles. The molecule has 4 heterocycles. The molecule has 0 saturated carbocycles. The van der Waals surface area contributed by atoms with Gasteiger partial charge < -0.3 is 10.2 Å². The van der Waals surface area contributed by atoms with Gasteiger partial charge >= 0.3 is 0 Å². The van der Waals surface area contributed by atoms with E-state index in [2.05, 4.69) is 67.7 Å². The molecule has 1 aliphatic rings. The highest BCUT2D eigenvalue weighted by molar-refractivity contribution is 7.22. The van der Waals surface area contributed by atoms with Gasteiger partial charge in [-0.1, -0.05) is 17.4 Å². The Bertz CT molecular complexity index is 1100. The number of benzene rings is 1. The predicted octanol–water partition coefficient (Wildman–Crippen LogP) is 3.57. The molecular formula is C21H23N7S. The van der Waals surface area contributed by atoms with E-state index in [9.17, 15) is 0 Å². The van der Waals surface area contributed by atoms with Crippen LogP contribution in [0.25, 0.3) is 21.3 Å². The van der Waals surface area contributed by atoms with Gasteiger partial charge in [0.1, 0.15) is 5.82 Å². The highest BCUT2D eigenvalue weighted by atomic mass is 32.1. The van der Waals surface area contributed by atoms with Gasteiger partial charge in [-0.15, -0.1) is 0 Å². The largest absolute Gasteiger partial charge is 0.316 e. The zero-order chi connectivity index (χ0) is 19.6. The number of fused-ring (bicyclic) bond motifs is 1. The van der Waals surface area contributed by atoms with Crippen LogP contribution in [0.2, 0.25) is 0 Å². The number of piperazine rings is 1. The van der Waals surface area contributed by atoms with E-state index >= 15 is 0 Å². The van der Waals surface area contributed by atoms with Crippen LogP contribution in [0.5, 0.6) is 0 Å². The first-order valence-electron chi connectivity index (χ1n) is 9.75. The van der Waals surface area contributed by atoms with Crippen LogP contribution in [0.3, 0.4) is 0 Å². The lowest BCUT2D eigenvalue weighted by Gasteiger charge is -2.32. The van der Waals surface area contributed by atoms with Crippen molar-refractivity contribution in [3.8, 4) is 11.1 Å². The molecule has 148 valence electrons. The quantitative estimate of drug-likeness (QED) is 0.529. The SMILES string of the molecule is CN1CCN(Cc2ccnc(Nc3nc4ccc(-c5cn[nH]c5)cc4s3)c2)CC1. The summed E-state index contributed by atoms with van der Waals surface area (Å²) in [5.74, 6) is 0.839. The molecule has 0 amide bonds. The summed E-state index contributed by atoms with van der Waals surface area (Å²) in [5, 5.41) is 11.1. The highest BCUT2D eigenvalue weighted by Crippen LogP contribution is 2.31. The zero-order valence-corrected chi connectivity index (χ0v) is 17.1. The van der Waals surface area contributed by atoms with Crippen LogP contribution in [0, 0.1) is 0 Å². The van der Waals surface area contributed by atoms with Gasteiger partial charge in [0, 0.05) is 50.7 Å².